The van der Waals surface area contributed by atoms with Crippen molar-refractivity contribution in [3.8, 4) is 0 Å². The molecule has 0 radical (unpaired) electrons. The lowest BCUT2D eigenvalue weighted by molar-refractivity contribution is 0.505. The standard InChI is InChI=1S/C13H18N4/c1-3-13(2,8-14)17-12-10-6-4-5-7-11(10)15-9-16-12/h4-7,9H,3,8,14H2,1-2H3,(H,15,16,17). The van der Waals surface area contributed by atoms with Gasteiger partial charge in [-0.3, -0.25) is 0 Å². The van der Waals surface area contributed by atoms with Gasteiger partial charge in [0.2, 0.25) is 0 Å². The fourth-order valence-corrected chi connectivity index (χ4v) is 1.67. The minimum Gasteiger partial charge on any atom is -0.363 e. The average Bonchev–Trinajstić information content (AvgIpc) is 2.39. The molecule has 0 aliphatic carbocycles. The molecule has 0 aliphatic heterocycles. The first-order chi connectivity index (χ1) is 8.18. The molecule has 4 nitrogen and oxygen atoms in total. The molecule has 1 aromatic carbocycles. The van der Waals surface area contributed by atoms with Gasteiger partial charge in [0.25, 0.3) is 0 Å². The van der Waals surface area contributed by atoms with E-state index in [0.29, 0.717) is 6.54 Å². The van der Waals surface area contributed by atoms with Crippen LogP contribution >= 0.6 is 0 Å². The maximum absolute atomic E-state index is 5.80. The molecular formula is C13H18N4. The summed E-state index contributed by atoms with van der Waals surface area (Å²) in [5.41, 5.74) is 6.62. The Labute approximate surface area is 101 Å². The van der Waals surface area contributed by atoms with E-state index in [1.54, 1.807) is 6.33 Å². The molecule has 0 aliphatic rings. The largest absolute Gasteiger partial charge is 0.363 e. The predicted molar refractivity (Wildman–Crippen MR) is 70.9 cm³/mol. The molecule has 2 aromatic rings. The number of hydrogen-bond donors (Lipinski definition) is 2. The molecule has 1 unspecified atom stereocenters. The SMILES string of the molecule is CCC(C)(CN)Nc1ncnc2ccccc12. The third-order valence-electron chi connectivity index (χ3n) is 3.19. The third-order valence-corrected chi connectivity index (χ3v) is 3.19. The molecule has 17 heavy (non-hydrogen) atoms. The van der Waals surface area contributed by atoms with Crippen molar-refractivity contribution in [1.29, 1.82) is 0 Å². The van der Waals surface area contributed by atoms with Crippen LogP contribution in [0.25, 0.3) is 10.9 Å². The Kier molecular flexibility index (Phi) is 3.24. The van der Waals surface area contributed by atoms with E-state index < -0.39 is 0 Å². The van der Waals surface area contributed by atoms with Crippen LogP contribution in [-0.4, -0.2) is 22.1 Å². The molecule has 1 heterocycles. The quantitative estimate of drug-likeness (QED) is 0.845. The number of para-hydroxylation sites is 1. The van der Waals surface area contributed by atoms with Crippen molar-refractivity contribution in [3.05, 3.63) is 30.6 Å². The van der Waals surface area contributed by atoms with Crippen molar-refractivity contribution in [2.45, 2.75) is 25.8 Å². The number of hydrogen-bond acceptors (Lipinski definition) is 4. The van der Waals surface area contributed by atoms with Crippen LogP contribution in [0.4, 0.5) is 5.82 Å². The van der Waals surface area contributed by atoms with E-state index in [9.17, 15) is 0 Å². The van der Waals surface area contributed by atoms with E-state index in [1.165, 1.54) is 0 Å². The highest BCUT2D eigenvalue weighted by Gasteiger charge is 2.20. The number of anilines is 1. The van der Waals surface area contributed by atoms with Gasteiger partial charge >= 0.3 is 0 Å². The summed E-state index contributed by atoms with van der Waals surface area (Å²) in [6.45, 7) is 4.79. The summed E-state index contributed by atoms with van der Waals surface area (Å²) in [6, 6.07) is 7.96. The van der Waals surface area contributed by atoms with E-state index in [-0.39, 0.29) is 5.54 Å². The Bertz CT molecular complexity index is 500. The Morgan fingerprint density at radius 3 is 2.76 bits per heavy atom. The first kappa shape index (κ1) is 11.8. The first-order valence-corrected chi connectivity index (χ1v) is 5.86. The van der Waals surface area contributed by atoms with Crippen molar-refractivity contribution in [2.24, 2.45) is 5.73 Å². The summed E-state index contributed by atoms with van der Waals surface area (Å²) in [5, 5.41) is 4.45. The first-order valence-electron chi connectivity index (χ1n) is 5.86. The molecule has 1 aromatic heterocycles. The van der Waals surface area contributed by atoms with Gasteiger partial charge < -0.3 is 11.1 Å². The van der Waals surface area contributed by atoms with E-state index in [1.807, 2.05) is 24.3 Å². The highest BCUT2D eigenvalue weighted by atomic mass is 15.1. The lowest BCUT2D eigenvalue weighted by Crippen LogP contribution is -2.42. The highest BCUT2D eigenvalue weighted by Crippen LogP contribution is 2.22. The normalized spacial score (nSPS) is 14.5. The fraction of sp³-hybridized carbons (Fsp3) is 0.385. The Balaban J connectivity index is 2.42. The molecule has 1 atom stereocenters. The number of nitrogens with zero attached hydrogens (tertiary/aromatic N) is 2. The van der Waals surface area contributed by atoms with Crippen LogP contribution in [0.15, 0.2) is 30.6 Å². The smallest absolute Gasteiger partial charge is 0.137 e. The minimum absolute atomic E-state index is 0.128. The molecule has 3 N–H and O–H groups in total. The molecule has 0 saturated heterocycles. The molecule has 0 amide bonds. The lowest BCUT2D eigenvalue weighted by Gasteiger charge is -2.28. The number of benzene rings is 1. The topological polar surface area (TPSA) is 63.8 Å². The van der Waals surface area contributed by atoms with Crippen molar-refractivity contribution >= 4 is 16.7 Å². The second-order valence-electron chi connectivity index (χ2n) is 4.48. The molecule has 0 fully saturated rings. The van der Waals surface area contributed by atoms with E-state index in [0.717, 1.165) is 23.1 Å². The Hall–Kier alpha value is -1.68. The molecule has 0 spiro atoms. The number of nitrogens with two attached hydrogens (primary N) is 1. The van der Waals surface area contributed by atoms with Gasteiger partial charge in [-0.25, -0.2) is 9.97 Å². The van der Waals surface area contributed by atoms with Crippen LogP contribution in [0.1, 0.15) is 20.3 Å². The van der Waals surface area contributed by atoms with Crippen molar-refractivity contribution in [2.75, 3.05) is 11.9 Å². The van der Waals surface area contributed by atoms with Crippen molar-refractivity contribution < 1.29 is 0 Å². The average molecular weight is 230 g/mol. The summed E-state index contributed by atoms with van der Waals surface area (Å²) in [5.74, 6) is 0.852. The molecule has 0 bridgehead atoms. The fourth-order valence-electron chi connectivity index (χ4n) is 1.67. The van der Waals surface area contributed by atoms with Crippen LogP contribution in [0.3, 0.4) is 0 Å². The third kappa shape index (κ3) is 2.36. The van der Waals surface area contributed by atoms with Crippen molar-refractivity contribution in [3.63, 3.8) is 0 Å². The molecule has 90 valence electrons. The lowest BCUT2D eigenvalue weighted by atomic mass is 9.99. The predicted octanol–water partition coefficient (Wildman–Crippen LogP) is 2.17. The zero-order chi connectivity index (χ0) is 12.3. The van der Waals surface area contributed by atoms with Gasteiger partial charge in [0.1, 0.15) is 12.1 Å². The zero-order valence-corrected chi connectivity index (χ0v) is 10.3. The van der Waals surface area contributed by atoms with Gasteiger partial charge in [-0.15, -0.1) is 0 Å². The Morgan fingerprint density at radius 2 is 2.06 bits per heavy atom. The summed E-state index contributed by atoms with van der Waals surface area (Å²) in [4.78, 5) is 8.55. The number of aromatic nitrogens is 2. The number of fused-ring (bicyclic) bond motifs is 1. The van der Waals surface area contributed by atoms with Crippen LogP contribution in [0, 0.1) is 0 Å². The van der Waals surface area contributed by atoms with Gasteiger partial charge in [0.15, 0.2) is 0 Å². The van der Waals surface area contributed by atoms with Gasteiger partial charge in [0, 0.05) is 17.5 Å². The minimum atomic E-state index is -0.128. The zero-order valence-electron chi connectivity index (χ0n) is 10.3. The van der Waals surface area contributed by atoms with Gasteiger partial charge in [-0.2, -0.15) is 0 Å². The molecule has 0 saturated carbocycles. The number of nitrogens with one attached hydrogen (secondary N) is 1. The van der Waals surface area contributed by atoms with Crippen LogP contribution in [-0.2, 0) is 0 Å². The molecule has 4 heteroatoms. The maximum Gasteiger partial charge on any atom is 0.137 e. The molecular weight excluding hydrogens is 212 g/mol. The van der Waals surface area contributed by atoms with E-state index in [2.05, 4.69) is 29.1 Å². The summed E-state index contributed by atoms with van der Waals surface area (Å²) in [6.07, 6.45) is 2.53. The van der Waals surface area contributed by atoms with Crippen LogP contribution < -0.4 is 11.1 Å². The highest BCUT2D eigenvalue weighted by molar-refractivity contribution is 5.88. The second-order valence-corrected chi connectivity index (χ2v) is 4.48. The Morgan fingerprint density at radius 1 is 1.29 bits per heavy atom. The number of rotatable bonds is 4. The monoisotopic (exact) mass is 230 g/mol. The molecule has 2 rings (SSSR count). The maximum atomic E-state index is 5.80. The van der Waals surface area contributed by atoms with E-state index >= 15 is 0 Å². The summed E-state index contributed by atoms with van der Waals surface area (Å²) >= 11 is 0. The summed E-state index contributed by atoms with van der Waals surface area (Å²) < 4.78 is 0. The van der Waals surface area contributed by atoms with E-state index in [4.69, 9.17) is 5.73 Å². The second kappa shape index (κ2) is 4.67. The van der Waals surface area contributed by atoms with Gasteiger partial charge in [0.05, 0.1) is 5.52 Å². The van der Waals surface area contributed by atoms with Crippen LogP contribution in [0.2, 0.25) is 0 Å². The van der Waals surface area contributed by atoms with Crippen LogP contribution in [0.5, 0.6) is 0 Å². The summed E-state index contributed by atoms with van der Waals surface area (Å²) in [7, 11) is 0. The van der Waals surface area contributed by atoms with Gasteiger partial charge in [-0.1, -0.05) is 19.1 Å². The van der Waals surface area contributed by atoms with Gasteiger partial charge in [-0.05, 0) is 25.5 Å². The van der Waals surface area contributed by atoms with Crippen molar-refractivity contribution in [1.82, 2.24) is 9.97 Å².